The first-order valence-electron chi connectivity index (χ1n) is 7.90. The smallest absolute Gasteiger partial charge is 0.250 e. The second-order valence-electron chi connectivity index (χ2n) is 5.78. The summed E-state index contributed by atoms with van der Waals surface area (Å²) in [5.74, 6) is 0.773. The fraction of sp³-hybridized carbons (Fsp3) is 0.588. The molecule has 2 N–H and O–H groups in total. The SMILES string of the molecule is COCC(=O)Nc1ccc(NCCC2CCCCC2)cc1. The number of rotatable bonds is 7. The number of anilines is 2. The lowest BCUT2D eigenvalue weighted by atomic mass is 9.87. The van der Waals surface area contributed by atoms with Crippen LogP contribution in [-0.2, 0) is 9.53 Å². The zero-order valence-electron chi connectivity index (χ0n) is 12.9. The Labute approximate surface area is 127 Å². The third kappa shape index (κ3) is 5.76. The normalized spacial score (nSPS) is 15.7. The minimum atomic E-state index is -0.129. The highest BCUT2D eigenvalue weighted by molar-refractivity contribution is 5.91. The first-order chi connectivity index (χ1) is 10.3. The van der Waals surface area contributed by atoms with Crippen molar-refractivity contribution in [3.8, 4) is 0 Å². The van der Waals surface area contributed by atoms with Gasteiger partial charge < -0.3 is 15.4 Å². The number of amides is 1. The average Bonchev–Trinajstić information content (AvgIpc) is 2.50. The predicted molar refractivity (Wildman–Crippen MR) is 86.6 cm³/mol. The number of nitrogens with one attached hydrogen (secondary N) is 2. The molecule has 1 fully saturated rings. The maximum atomic E-state index is 11.4. The Bertz CT molecular complexity index is 425. The van der Waals surface area contributed by atoms with Gasteiger partial charge in [-0.1, -0.05) is 32.1 Å². The van der Waals surface area contributed by atoms with Gasteiger partial charge in [0.05, 0.1) is 0 Å². The largest absolute Gasteiger partial charge is 0.385 e. The third-order valence-corrected chi connectivity index (χ3v) is 4.05. The van der Waals surface area contributed by atoms with Gasteiger partial charge in [-0.15, -0.1) is 0 Å². The second-order valence-corrected chi connectivity index (χ2v) is 5.78. The molecule has 21 heavy (non-hydrogen) atoms. The van der Waals surface area contributed by atoms with Crippen molar-refractivity contribution in [3.63, 3.8) is 0 Å². The van der Waals surface area contributed by atoms with Crippen LogP contribution in [0.15, 0.2) is 24.3 Å². The third-order valence-electron chi connectivity index (χ3n) is 4.05. The van der Waals surface area contributed by atoms with Crippen LogP contribution < -0.4 is 10.6 Å². The molecule has 0 aromatic heterocycles. The van der Waals surface area contributed by atoms with Gasteiger partial charge in [-0.25, -0.2) is 0 Å². The van der Waals surface area contributed by atoms with Crippen LogP contribution >= 0.6 is 0 Å². The summed E-state index contributed by atoms with van der Waals surface area (Å²) < 4.78 is 4.79. The lowest BCUT2D eigenvalue weighted by Gasteiger charge is -2.21. The molecule has 1 aliphatic carbocycles. The molecule has 0 radical (unpaired) electrons. The number of carbonyl (C=O) groups excluding carboxylic acids is 1. The summed E-state index contributed by atoms with van der Waals surface area (Å²) >= 11 is 0. The Morgan fingerprint density at radius 2 is 1.81 bits per heavy atom. The zero-order valence-corrected chi connectivity index (χ0v) is 12.9. The lowest BCUT2D eigenvalue weighted by molar-refractivity contribution is -0.119. The Balaban J connectivity index is 1.70. The van der Waals surface area contributed by atoms with E-state index in [0.29, 0.717) is 0 Å². The summed E-state index contributed by atoms with van der Waals surface area (Å²) in [5, 5.41) is 6.25. The zero-order chi connectivity index (χ0) is 14.9. The van der Waals surface area contributed by atoms with Gasteiger partial charge in [0.2, 0.25) is 5.91 Å². The molecular formula is C17H26N2O2. The molecule has 0 unspecified atom stereocenters. The van der Waals surface area contributed by atoms with Gasteiger partial charge in [0.15, 0.2) is 0 Å². The monoisotopic (exact) mass is 290 g/mol. The van der Waals surface area contributed by atoms with Crippen LogP contribution in [0.25, 0.3) is 0 Å². The van der Waals surface area contributed by atoms with Crippen molar-refractivity contribution in [2.75, 3.05) is 30.9 Å². The highest BCUT2D eigenvalue weighted by atomic mass is 16.5. The minimum Gasteiger partial charge on any atom is -0.385 e. The topological polar surface area (TPSA) is 50.4 Å². The van der Waals surface area contributed by atoms with Crippen molar-refractivity contribution in [3.05, 3.63) is 24.3 Å². The molecule has 2 rings (SSSR count). The summed E-state index contributed by atoms with van der Waals surface area (Å²) in [6.07, 6.45) is 8.27. The second kappa shape index (κ2) is 8.67. The van der Waals surface area contributed by atoms with Crippen molar-refractivity contribution < 1.29 is 9.53 Å². The van der Waals surface area contributed by atoms with Crippen molar-refractivity contribution in [2.24, 2.45) is 5.92 Å². The number of ether oxygens (including phenoxy) is 1. The van der Waals surface area contributed by atoms with E-state index in [-0.39, 0.29) is 12.5 Å². The molecule has 4 nitrogen and oxygen atoms in total. The molecule has 1 amide bonds. The molecule has 0 aliphatic heterocycles. The summed E-state index contributed by atoms with van der Waals surface area (Å²) in [6.45, 7) is 1.11. The first-order valence-corrected chi connectivity index (χ1v) is 7.90. The van der Waals surface area contributed by atoms with E-state index in [9.17, 15) is 4.79 Å². The maximum absolute atomic E-state index is 11.4. The molecule has 116 valence electrons. The van der Waals surface area contributed by atoms with Crippen molar-refractivity contribution in [1.82, 2.24) is 0 Å². The molecule has 1 aromatic rings. The van der Waals surface area contributed by atoms with Gasteiger partial charge in [-0.3, -0.25) is 4.79 Å². The molecule has 0 spiro atoms. The summed E-state index contributed by atoms with van der Waals surface area (Å²) in [6, 6.07) is 7.83. The minimum absolute atomic E-state index is 0.0847. The quantitative estimate of drug-likeness (QED) is 0.806. The molecule has 1 saturated carbocycles. The number of benzene rings is 1. The van der Waals surface area contributed by atoms with Gasteiger partial charge in [0.1, 0.15) is 6.61 Å². The van der Waals surface area contributed by atoms with E-state index in [1.807, 2.05) is 24.3 Å². The van der Waals surface area contributed by atoms with E-state index in [1.54, 1.807) is 0 Å². The van der Waals surface area contributed by atoms with Crippen molar-refractivity contribution >= 4 is 17.3 Å². The molecule has 0 saturated heterocycles. The summed E-state index contributed by atoms with van der Waals surface area (Å²) in [7, 11) is 1.51. The van der Waals surface area contributed by atoms with E-state index in [4.69, 9.17) is 4.74 Å². The van der Waals surface area contributed by atoms with E-state index in [1.165, 1.54) is 45.6 Å². The average molecular weight is 290 g/mol. The number of carbonyl (C=O) groups is 1. The van der Waals surface area contributed by atoms with Gasteiger partial charge in [-0.2, -0.15) is 0 Å². The Hall–Kier alpha value is -1.55. The highest BCUT2D eigenvalue weighted by Gasteiger charge is 2.12. The van der Waals surface area contributed by atoms with Crippen LogP contribution in [0.5, 0.6) is 0 Å². The van der Waals surface area contributed by atoms with Gasteiger partial charge in [0, 0.05) is 25.0 Å². The fourth-order valence-electron chi connectivity index (χ4n) is 2.90. The Morgan fingerprint density at radius 1 is 1.14 bits per heavy atom. The lowest BCUT2D eigenvalue weighted by Crippen LogP contribution is -2.17. The van der Waals surface area contributed by atoms with E-state index < -0.39 is 0 Å². The standard InChI is InChI=1S/C17H26N2O2/c1-21-13-17(20)19-16-9-7-15(8-10-16)18-12-11-14-5-3-2-4-6-14/h7-10,14,18H,2-6,11-13H2,1H3,(H,19,20). The number of hydrogen-bond donors (Lipinski definition) is 2. The Morgan fingerprint density at radius 3 is 2.48 bits per heavy atom. The molecule has 0 heterocycles. The van der Waals surface area contributed by atoms with Gasteiger partial charge >= 0.3 is 0 Å². The first kappa shape index (κ1) is 15.8. The van der Waals surface area contributed by atoms with Crippen LogP contribution in [0.1, 0.15) is 38.5 Å². The van der Waals surface area contributed by atoms with Gasteiger partial charge in [0.25, 0.3) is 0 Å². The molecule has 1 aromatic carbocycles. The fourth-order valence-corrected chi connectivity index (χ4v) is 2.90. The van der Waals surface area contributed by atoms with Gasteiger partial charge in [-0.05, 0) is 36.6 Å². The van der Waals surface area contributed by atoms with E-state index in [0.717, 1.165) is 23.8 Å². The number of hydrogen-bond acceptors (Lipinski definition) is 3. The van der Waals surface area contributed by atoms with Crippen molar-refractivity contribution in [2.45, 2.75) is 38.5 Å². The maximum Gasteiger partial charge on any atom is 0.250 e. The Kier molecular flexibility index (Phi) is 6.54. The highest BCUT2D eigenvalue weighted by Crippen LogP contribution is 2.26. The summed E-state index contributed by atoms with van der Waals surface area (Å²) in [5.41, 5.74) is 1.91. The molecule has 0 atom stereocenters. The van der Waals surface area contributed by atoms with Crippen LogP contribution in [-0.4, -0.2) is 26.2 Å². The molecule has 0 bridgehead atoms. The van der Waals surface area contributed by atoms with Crippen molar-refractivity contribution in [1.29, 1.82) is 0 Å². The molecular weight excluding hydrogens is 264 g/mol. The number of methoxy groups -OCH3 is 1. The molecule has 1 aliphatic rings. The molecule has 4 heteroatoms. The van der Waals surface area contributed by atoms with Crippen LogP contribution in [0.4, 0.5) is 11.4 Å². The summed E-state index contributed by atoms with van der Waals surface area (Å²) in [4.78, 5) is 11.4. The van der Waals surface area contributed by atoms with Crippen LogP contribution in [0.2, 0.25) is 0 Å². The predicted octanol–water partition coefficient (Wildman–Crippen LogP) is 3.65. The van der Waals surface area contributed by atoms with E-state index in [2.05, 4.69) is 10.6 Å². The van der Waals surface area contributed by atoms with Crippen LogP contribution in [0.3, 0.4) is 0 Å². The van der Waals surface area contributed by atoms with E-state index >= 15 is 0 Å². The van der Waals surface area contributed by atoms with Crippen LogP contribution in [0, 0.1) is 5.92 Å².